The van der Waals surface area contributed by atoms with Crippen molar-refractivity contribution in [3.63, 3.8) is 0 Å². The van der Waals surface area contributed by atoms with Crippen LogP contribution in [0.2, 0.25) is 0 Å². The van der Waals surface area contributed by atoms with E-state index in [1.165, 1.54) is 0 Å². The average Bonchev–Trinajstić information content (AvgIpc) is 2.71. The summed E-state index contributed by atoms with van der Waals surface area (Å²) in [6, 6.07) is 3.67. The van der Waals surface area contributed by atoms with Gasteiger partial charge in [-0.2, -0.15) is 0 Å². The van der Waals surface area contributed by atoms with E-state index >= 15 is 0 Å². The first kappa shape index (κ1) is 23.8. The molecule has 1 aromatic rings. The van der Waals surface area contributed by atoms with Gasteiger partial charge in [-0.05, 0) is 20.4 Å². The van der Waals surface area contributed by atoms with Crippen LogP contribution in [0.1, 0.15) is 18.9 Å². The van der Waals surface area contributed by atoms with Crippen molar-refractivity contribution in [2.24, 2.45) is 4.99 Å². The van der Waals surface area contributed by atoms with Crippen LogP contribution in [-0.4, -0.2) is 79.1 Å². The quantitative estimate of drug-likeness (QED) is 0.299. The summed E-state index contributed by atoms with van der Waals surface area (Å²) >= 11 is 0. The average molecular weight is 397 g/mol. The van der Waals surface area contributed by atoms with Crippen LogP contribution in [0.15, 0.2) is 17.1 Å². The first-order valence-electron chi connectivity index (χ1n) is 9.58. The van der Waals surface area contributed by atoms with Crippen molar-refractivity contribution < 1.29 is 18.9 Å². The van der Waals surface area contributed by atoms with Crippen molar-refractivity contribution in [1.82, 2.24) is 15.5 Å². The first-order chi connectivity index (χ1) is 13.6. The van der Waals surface area contributed by atoms with Gasteiger partial charge in [0.05, 0.1) is 33.4 Å². The van der Waals surface area contributed by atoms with Gasteiger partial charge in [0.2, 0.25) is 0 Å². The van der Waals surface area contributed by atoms with Crippen LogP contribution < -0.4 is 24.8 Å². The minimum Gasteiger partial charge on any atom is -0.496 e. The molecular weight excluding hydrogens is 360 g/mol. The molecule has 0 heterocycles. The van der Waals surface area contributed by atoms with Crippen LogP contribution in [0, 0.1) is 0 Å². The predicted molar refractivity (Wildman–Crippen MR) is 113 cm³/mol. The summed E-state index contributed by atoms with van der Waals surface area (Å²) in [5, 5.41) is 6.64. The second kappa shape index (κ2) is 13.9. The van der Waals surface area contributed by atoms with Gasteiger partial charge in [0, 0.05) is 52.0 Å². The topological polar surface area (TPSA) is 76.6 Å². The monoisotopic (exact) mass is 396 g/mol. The Morgan fingerprint density at radius 2 is 1.68 bits per heavy atom. The summed E-state index contributed by atoms with van der Waals surface area (Å²) < 4.78 is 21.4. The molecular formula is C20H36N4O4. The first-order valence-corrected chi connectivity index (χ1v) is 9.58. The molecule has 0 bridgehead atoms. The smallest absolute Gasteiger partial charge is 0.191 e. The normalized spacial score (nSPS) is 11.5. The highest BCUT2D eigenvalue weighted by atomic mass is 16.5. The van der Waals surface area contributed by atoms with Crippen LogP contribution in [0.25, 0.3) is 0 Å². The Kier molecular flexibility index (Phi) is 11.8. The molecule has 0 fully saturated rings. The Labute approximate surface area is 169 Å². The molecule has 0 radical (unpaired) electrons. The summed E-state index contributed by atoms with van der Waals surface area (Å²) in [5.41, 5.74) is 0.875. The molecule has 28 heavy (non-hydrogen) atoms. The zero-order valence-corrected chi connectivity index (χ0v) is 18.1. The SMILES string of the molecule is CCNC(=NCc1c(OC)cc(OC)cc1OC)NCCN(C)CCCOC. The molecule has 0 atom stereocenters. The predicted octanol–water partition coefficient (Wildman–Crippen LogP) is 1.74. The number of guanidine groups is 1. The van der Waals surface area contributed by atoms with Gasteiger partial charge in [0.1, 0.15) is 17.2 Å². The number of hydrogen-bond acceptors (Lipinski definition) is 6. The van der Waals surface area contributed by atoms with Crippen LogP contribution in [-0.2, 0) is 11.3 Å². The van der Waals surface area contributed by atoms with Crippen LogP contribution in [0.4, 0.5) is 0 Å². The van der Waals surface area contributed by atoms with Gasteiger partial charge in [0.15, 0.2) is 5.96 Å². The molecule has 0 spiro atoms. The molecule has 0 aromatic heterocycles. The third-order valence-electron chi connectivity index (χ3n) is 4.23. The van der Waals surface area contributed by atoms with E-state index in [1.807, 2.05) is 19.1 Å². The van der Waals surface area contributed by atoms with Crippen molar-refractivity contribution in [2.45, 2.75) is 19.9 Å². The van der Waals surface area contributed by atoms with Crippen molar-refractivity contribution in [1.29, 1.82) is 0 Å². The molecule has 0 aliphatic rings. The van der Waals surface area contributed by atoms with E-state index < -0.39 is 0 Å². The van der Waals surface area contributed by atoms with Crippen LogP contribution >= 0.6 is 0 Å². The zero-order valence-electron chi connectivity index (χ0n) is 18.1. The molecule has 2 N–H and O–H groups in total. The number of nitrogens with zero attached hydrogens (tertiary/aromatic N) is 2. The van der Waals surface area contributed by atoms with E-state index in [0.717, 1.165) is 50.7 Å². The molecule has 0 aliphatic heterocycles. The molecule has 8 nitrogen and oxygen atoms in total. The standard InChI is InChI=1S/C20H36N4O4/c1-7-21-20(22-9-11-24(2)10-8-12-25-3)23-15-17-18(27-5)13-16(26-4)14-19(17)28-6/h13-14H,7-12,15H2,1-6H3,(H2,21,22,23). The Balaban J connectivity index is 2.74. The molecule has 1 aromatic carbocycles. The van der Waals surface area contributed by atoms with E-state index in [1.54, 1.807) is 28.4 Å². The number of benzene rings is 1. The third-order valence-corrected chi connectivity index (χ3v) is 4.23. The number of likely N-dealkylation sites (N-methyl/N-ethyl adjacent to an activating group) is 1. The largest absolute Gasteiger partial charge is 0.496 e. The number of hydrogen-bond donors (Lipinski definition) is 2. The molecule has 0 aliphatic carbocycles. The molecule has 1 rings (SSSR count). The lowest BCUT2D eigenvalue weighted by atomic mass is 10.1. The zero-order chi connectivity index (χ0) is 20.8. The Hall–Kier alpha value is -2.19. The minimum absolute atomic E-state index is 0.426. The van der Waals surface area contributed by atoms with Gasteiger partial charge in [-0.25, -0.2) is 4.99 Å². The van der Waals surface area contributed by atoms with Crippen LogP contribution in [0.5, 0.6) is 17.2 Å². The second-order valence-corrected chi connectivity index (χ2v) is 6.28. The fraction of sp³-hybridized carbons (Fsp3) is 0.650. The number of rotatable bonds is 13. The second-order valence-electron chi connectivity index (χ2n) is 6.28. The summed E-state index contributed by atoms with van der Waals surface area (Å²) in [7, 11) is 8.71. The highest BCUT2D eigenvalue weighted by molar-refractivity contribution is 5.79. The van der Waals surface area contributed by atoms with Gasteiger partial charge in [0.25, 0.3) is 0 Å². The number of nitrogens with one attached hydrogen (secondary N) is 2. The summed E-state index contributed by atoms with van der Waals surface area (Å²) in [6.45, 7) is 6.76. The van der Waals surface area contributed by atoms with Crippen molar-refractivity contribution in [3.8, 4) is 17.2 Å². The number of aliphatic imine (C=N–C) groups is 1. The lowest BCUT2D eigenvalue weighted by molar-refractivity contribution is 0.180. The van der Waals surface area contributed by atoms with E-state index in [9.17, 15) is 0 Å². The molecule has 160 valence electrons. The number of methoxy groups -OCH3 is 4. The van der Waals surface area contributed by atoms with E-state index in [2.05, 4.69) is 27.6 Å². The van der Waals surface area contributed by atoms with Crippen molar-refractivity contribution >= 4 is 5.96 Å². The summed E-state index contributed by atoms with van der Waals surface area (Å²) in [4.78, 5) is 6.95. The Morgan fingerprint density at radius 1 is 1.00 bits per heavy atom. The highest BCUT2D eigenvalue weighted by Gasteiger charge is 2.13. The van der Waals surface area contributed by atoms with Gasteiger partial charge in [-0.15, -0.1) is 0 Å². The van der Waals surface area contributed by atoms with Gasteiger partial charge in [-0.1, -0.05) is 0 Å². The summed E-state index contributed by atoms with van der Waals surface area (Å²) in [5.74, 6) is 2.82. The number of ether oxygens (including phenoxy) is 4. The van der Waals surface area contributed by atoms with Crippen molar-refractivity contribution in [2.75, 3.05) is 68.3 Å². The Bertz CT molecular complexity index is 571. The van der Waals surface area contributed by atoms with Gasteiger partial charge >= 0.3 is 0 Å². The van der Waals surface area contributed by atoms with E-state index in [-0.39, 0.29) is 0 Å². The maximum absolute atomic E-state index is 5.49. The molecule has 0 saturated heterocycles. The third kappa shape index (κ3) is 8.22. The molecule has 8 heteroatoms. The van der Waals surface area contributed by atoms with Crippen LogP contribution in [0.3, 0.4) is 0 Å². The maximum atomic E-state index is 5.49. The minimum atomic E-state index is 0.426. The maximum Gasteiger partial charge on any atom is 0.191 e. The van der Waals surface area contributed by atoms with Crippen molar-refractivity contribution in [3.05, 3.63) is 17.7 Å². The molecule has 0 amide bonds. The lowest BCUT2D eigenvalue weighted by Crippen LogP contribution is -2.41. The van der Waals surface area contributed by atoms with E-state index in [4.69, 9.17) is 18.9 Å². The fourth-order valence-electron chi connectivity index (χ4n) is 2.69. The summed E-state index contributed by atoms with van der Waals surface area (Å²) in [6.07, 6.45) is 1.03. The Morgan fingerprint density at radius 3 is 2.21 bits per heavy atom. The fourth-order valence-corrected chi connectivity index (χ4v) is 2.69. The molecule has 0 unspecified atom stereocenters. The van der Waals surface area contributed by atoms with E-state index in [0.29, 0.717) is 23.8 Å². The van der Waals surface area contributed by atoms with Gasteiger partial charge < -0.3 is 34.5 Å². The van der Waals surface area contributed by atoms with Gasteiger partial charge in [-0.3, -0.25) is 0 Å². The lowest BCUT2D eigenvalue weighted by Gasteiger charge is -2.18. The highest BCUT2D eigenvalue weighted by Crippen LogP contribution is 2.34. The molecule has 0 saturated carbocycles.